The summed E-state index contributed by atoms with van der Waals surface area (Å²) in [6.45, 7) is 0.148. The number of methoxy groups -OCH3 is 1. The molecule has 0 bridgehead atoms. The number of fused-ring (bicyclic) bond motifs is 1. The van der Waals surface area contributed by atoms with Gasteiger partial charge in [0.15, 0.2) is 0 Å². The van der Waals surface area contributed by atoms with E-state index in [0.29, 0.717) is 17.2 Å². The molecule has 0 spiro atoms. The Balaban J connectivity index is 1.67. The van der Waals surface area contributed by atoms with Crippen molar-refractivity contribution in [2.24, 2.45) is 11.7 Å². The second kappa shape index (κ2) is 8.14. The Morgan fingerprint density at radius 2 is 2.14 bits per heavy atom. The van der Waals surface area contributed by atoms with Gasteiger partial charge < -0.3 is 20.5 Å². The summed E-state index contributed by atoms with van der Waals surface area (Å²) >= 11 is 0. The fourth-order valence-electron chi connectivity index (χ4n) is 3.42. The molecule has 0 aliphatic carbocycles. The molecule has 7 nitrogen and oxygen atoms in total. The maximum atomic E-state index is 12.5. The number of primary amides is 1. The number of amides is 2. The average molecular weight is 411 g/mol. The first kappa shape index (κ1) is 20.7. The fourth-order valence-corrected chi connectivity index (χ4v) is 3.42. The number of nitrogens with two attached hydrogens (primary N) is 1. The maximum Gasteiger partial charge on any atom is 0.389 e. The van der Waals surface area contributed by atoms with Crippen LogP contribution in [0.3, 0.4) is 0 Å². The van der Waals surface area contributed by atoms with E-state index in [4.69, 9.17) is 15.2 Å². The van der Waals surface area contributed by atoms with Gasteiger partial charge in [-0.25, -0.2) is 4.98 Å². The highest BCUT2D eigenvalue weighted by atomic mass is 19.4. The van der Waals surface area contributed by atoms with E-state index in [0.717, 1.165) is 0 Å². The lowest BCUT2D eigenvalue weighted by molar-refractivity contribution is -0.151. The number of nitrogens with one attached hydrogen (secondary N) is 1. The summed E-state index contributed by atoms with van der Waals surface area (Å²) in [6.07, 6.45) is -3.53. The molecule has 1 aromatic heterocycles. The molecule has 3 N–H and O–H groups in total. The van der Waals surface area contributed by atoms with Crippen LogP contribution >= 0.6 is 0 Å². The van der Waals surface area contributed by atoms with Gasteiger partial charge in [-0.1, -0.05) is 0 Å². The molecule has 1 saturated heterocycles. The normalized spacial score (nSPS) is 19.2. The molecule has 1 fully saturated rings. The van der Waals surface area contributed by atoms with E-state index >= 15 is 0 Å². The largest absolute Gasteiger partial charge is 0.496 e. The van der Waals surface area contributed by atoms with E-state index in [-0.39, 0.29) is 36.3 Å². The van der Waals surface area contributed by atoms with Crippen molar-refractivity contribution >= 4 is 22.6 Å². The Hall–Kier alpha value is -3.04. The summed E-state index contributed by atoms with van der Waals surface area (Å²) < 4.78 is 48.4. The Kier molecular flexibility index (Phi) is 5.81. The van der Waals surface area contributed by atoms with Gasteiger partial charge in [0.2, 0.25) is 11.8 Å². The van der Waals surface area contributed by atoms with Gasteiger partial charge in [-0.15, -0.1) is 0 Å². The van der Waals surface area contributed by atoms with Crippen molar-refractivity contribution in [1.29, 1.82) is 0 Å². The van der Waals surface area contributed by atoms with Gasteiger partial charge in [0.1, 0.15) is 5.75 Å². The molecular weight excluding hydrogens is 391 g/mol. The first-order chi connectivity index (χ1) is 13.7. The summed E-state index contributed by atoms with van der Waals surface area (Å²) in [5.41, 5.74) is 5.58. The number of benzene rings is 1. The predicted octanol–water partition coefficient (Wildman–Crippen LogP) is 2.57. The number of nitrogens with zero attached hydrogens (tertiary/aromatic N) is 1. The van der Waals surface area contributed by atoms with Crippen molar-refractivity contribution in [1.82, 2.24) is 10.3 Å². The molecule has 1 unspecified atom stereocenters. The van der Waals surface area contributed by atoms with Crippen molar-refractivity contribution in [3.8, 4) is 11.6 Å². The molecule has 2 amide bonds. The lowest BCUT2D eigenvalue weighted by atomic mass is 10.00. The molecule has 29 heavy (non-hydrogen) atoms. The first-order valence-corrected chi connectivity index (χ1v) is 8.94. The second-order valence-electron chi connectivity index (χ2n) is 6.85. The molecule has 2 aromatic rings. The van der Waals surface area contributed by atoms with Crippen LogP contribution in [0.25, 0.3) is 10.8 Å². The van der Waals surface area contributed by atoms with Crippen LogP contribution in [-0.2, 0) is 4.79 Å². The van der Waals surface area contributed by atoms with Gasteiger partial charge in [0.05, 0.1) is 25.7 Å². The highest BCUT2D eigenvalue weighted by Crippen LogP contribution is 2.32. The fraction of sp³-hybridized carbons (Fsp3) is 0.421. The minimum Gasteiger partial charge on any atom is -0.496 e. The maximum absolute atomic E-state index is 12.5. The van der Waals surface area contributed by atoms with Crippen LogP contribution in [0.15, 0.2) is 24.4 Å². The molecule has 2 heterocycles. The van der Waals surface area contributed by atoms with Crippen molar-refractivity contribution in [3.63, 3.8) is 0 Å². The van der Waals surface area contributed by atoms with Gasteiger partial charge in [-0.05, 0) is 30.0 Å². The summed E-state index contributed by atoms with van der Waals surface area (Å²) in [6, 6.07) is 4.46. The number of pyridine rings is 1. The van der Waals surface area contributed by atoms with E-state index in [2.05, 4.69) is 10.3 Å². The molecule has 3 rings (SSSR count). The number of hydrogen-bond donors (Lipinski definition) is 2. The number of halogens is 3. The van der Waals surface area contributed by atoms with E-state index in [9.17, 15) is 22.8 Å². The standard InChI is InChI=1S/C19H20F3N3O4/c1-28-15-8-13-10(7-14(15)16(23)26)2-4-24-18(13)29-5-3-12-6-11(17(27)25-12)9-19(20,21)22/h2,4,7-8,11-12H,3,5-6,9H2,1H3,(H2,23,26)(H,25,27)/t11?,12-/m1/s1. The van der Waals surface area contributed by atoms with Crippen LogP contribution in [0.2, 0.25) is 0 Å². The summed E-state index contributed by atoms with van der Waals surface area (Å²) in [7, 11) is 1.41. The smallest absolute Gasteiger partial charge is 0.389 e. The van der Waals surface area contributed by atoms with E-state index in [1.807, 2.05) is 0 Å². The quantitative estimate of drug-likeness (QED) is 0.729. The zero-order chi connectivity index (χ0) is 21.2. The number of aromatic nitrogens is 1. The van der Waals surface area contributed by atoms with Crippen LogP contribution in [0.1, 0.15) is 29.6 Å². The van der Waals surface area contributed by atoms with Crippen LogP contribution in [0.4, 0.5) is 13.2 Å². The highest BCUT2D eigenvalue weighted by Gasteiger charge is 2.40. The summed E-state index contributed by atoms with van der Waals surface area (Å²) in [4.78, 5) is 27.4. The lowest BCUT2D eigenvalue weighted by Crippen LogP contribution is -2.28. The van der Waals surface area contributed by atoms with Crippen molar-refractivity contribution in [2.45, 2.75) is 31.5 Å². The van der Waals surface area contributed by atoms with Crippen LogP contribution in [0.5, 0.6) is 11.6 Å². The number of carbonyl (C=O) groups excluding carboxylic acids is 2. The van der Waals surface area contributed by atoms with Gasteiger partial charge in [0.25, 0.3) is 5.91 Å². The molecule has 1 aliphatic rings. The van der Waals surface area contributed by atoms with Crippen LogP contribution in [0, 0.1) is 5.92 Å². The molecule has 0 radical (unpaired) electrons. The number of rotatable bonds is 7. The molecule has 10 heteroatoms. The zero-order valence-corrected chi connectivity index (χ0v) is 15.6. The molecular formula is C19H20F3N3O4. The van der Waals surface area contributed by atoms with Gasteiger partial charge in [-0.3, -0.25) is 9.59 Å². The number of ether oxygens (including phenoxy) is 2. The van der Waals surface area contributed by atoms with Crippen LogP contribution < -0.4 is 20.5 Å². The van der Waals surface area contributed by atoms with Crippen molar-refractivity contribution < 1.29 is 32.2 Å². The molecule has 1 aliphatic heterocycles. The first-order valence-electron chi connectivity index (χ1n) is 8.94. The minimum absolute atomic E-state index is 0.112. The third kappa shape index (κ3) is 4.87. The molecule has 2 atom stereocenters. The SMILES string of the molecule is COc1cc2c(OCC[C@@H]3CC(CC(F)(F)F)C(=O)N3)nccc2cc1C(N)=O. The predicted molar refractivity (Wildman–Crippen MR) is 97.6 cm³/mol. The summed E-state index contributed by atoms with van der Waals surface area (Å²) in [5, 5.41) is 3.84. The Morgan fingerprint density at radius 3 is 2.79 bits per heavy atom. The zero-order valence-electron chi connectivity index (χ0n) is 15.6. The van der Waals surface area contributed by atoms with E-state index in [1.54, 1.807) is 18.2 Å². The number of carbonyl (C=O) groups is 2. The number of alkyl halides is 3. The highest BCUT2D eigenvalue weighted by molar-refractivity contribution is 6.01. The lowest BCUT2D eigenvalue weighted by Gasteiger charge is -2.13. The van der Waals surface area contributed by atoms with Crippen LogP contribution in [-0.4, -0.2) is 42.7 Å². The topological polar surface area (TPSA) is 104 Å². The van der Waals surface area contributed by atoms with Gasteiger partial charge in [0, 0.05) is 30.0 Å². The Labute approximate surface area is 164 Å². The molecule has 1 aromatic carbocycles. The van der Waals surface area contributed by atoms with Gasteiger partial charge in [-0.2, -0.15) is 13.2 Å². The van der Waals surface area contributed by atoms with E-state index in [1.165, 1.54) is 13.3 Å². The third-order valence-electron chi connectivity index (χ3n) is 4.78. The van der Waals surface area contributed by atoms with Crippen molar-refractivity contribution in [3.05, 3.63) is 30.0 Å². The number of hydrogen-bond acceptors (Lipinski definition) is 5. The monoisotopic (exact) mass is 411 g/mol. The molecule has 0 saturated carbocycles. The Bertz CT molecular complexity index is 933. The van der Waals surface area contributed by atoms with Crippen molar-refractivity contribution in [2.75, 3.05) is 13.7 Å². The third-order valence-corrected chi connectivity index (χ3v) is 4.78. The molecule has 156 valence electrons. The second-order valence-corrected chi connectivity index (χ2v) is 6.85. The minimum atomic E-state index is -4.37. The average Bonchev–Trinajstić information content (AvgIpc) is 2.98. The van der Waals surface area contributed by atoms with Gasteiger partial charge >= 0.3 is 6.18 Å². The van der Waals surface area contributed by atoms with E-state index < -0.39 is 30.3 Å². The summed E-state index contributed by atoms with van der Waals surface area (Å²) in [5.74, 6) is -1.71. The Morgan fingerprint density at radius 1 is 1.38 bits per heavy atom.